The first-order valence-corrected chi connectivity index (χ1v) is 8.74. The van der Waals surface area contributed by atoms with Gasteiger partial charge in [-0.05, 0) is 35.8 Å². The predicted molar refractivity (Wildman–Crippen MR) is 105 cm³/mol. The van der Waals surface area contributed by atoms with Crippen LogP contribution in [0.4, 0.5) is 0 Å². The Bertz CT molecular complexity index is 763. The highest BCUT2D eigenvalue weighted by atomic mass is 32.1. The Morgan fingerprint density at radius 2 is 1.58 bits per heavy atom. The van der Waals surface area contributed by atoms with E-state index in [4.69, 9.17) is 12.2 Å². The van der Waals surface area contributed by atoms with Crippen molar-refractivity contribution in [3.8, 4) is 0 Å². The Kier molecular flexibility index (Phi) is 6.86. The second-order valence-corrected chi connectivity index (χ2v) is 6.65. The van der Waals surface area contributed by atoms with Gasteiger partial charge in [-0.15, -0.1) is 0 Å². The lowest BCUT2D eigenvalue weighted by molar-refractivity contribution is -0.143. The van der Waals surface area contributed by atoms with Crippen LogP contribution in [0.25, 0.3) is 0 Å². The van der Waals surface area contributed by atoms with Crippen molar-refractivity contribution >= 4 is 29.2 Å². The molecule has 2 aromatic carbocycles. The molecule has 1 atom stereocenters. The van der Waals surface area contributed by atoms with E-state index in [-0.39, 0.29) is 16.9 Å². The predicted octanol–water partition coefficient (Wildman–Crippen LogP) is 3.31. The molecule has 136 valence electrons. The average molecular weight is 370 g/mol. The molecule has 0 saturated heterocycles. The highest BCUT2D eigenvalue weighted by Gasteiger charge is 2.31. The summed E-state index contributed by atoms with van der Waals surface area (Å²) in [7, 11) is 0. The number of carbonyl (C=O) groups is 2. The van der Waals surface area contributed by atoms with Crippen molar-refractivity contribution in [3.63, 3.8) is 0 Å². The smallest absolute Gasteiger partial charge is 0.326 e. The van der Waals surface area contributed by atoms with Crippen LogP contribution in [0.15, 0.2) is 60.7 Å². The summed E-state index contributed by atoms with van der Waals surface area (Å²) in [6.07, 6.45) is 0. The molecule has 0 spiro atoms. The minimum Gasteiger partial charge on any atom is -0.480 e. The van der Waals surface area contributed by atoms with Crippen LogP contribution in [0.2, 0.25) is 0 Å². The highest BCUT2D eigenvalue weighted by Crippen LogP contribution is 2.16. The molecule has 0 heterocycles. The molecule has 0 aliphatic carbocycles. The lowest BCUT2D eigenvalue weighted by Gasteiger charge is -2.33. The Balaban J connectivity index is 2.25. The molecule has 0 aliphatic heterocycles. The minimum absolute atomic E-state index is 0.101. The fraction of sp³-hybridized carbons (Fsp3) is 0.250. The van der Waals surface area contributed by atoms with Crippen LogP contribution in [0, 0.1) is 5.92 Å². The normalized spacial score (nSPS) is 11.7. The first-order chi connectivity index (χ1) is 12.4. The lowest BCUT2D eigenvalue weighted by Crippen LogP contribution is -2.52. The minimum atomic E-state index is -0.979. The van der Waals surface area contributed by atoms with E-state index < -0.39 is 12.0 Å². The van der Waals surface area contributed by atoms with E-state index in [2.05, 4.69) is 5.32 Å². The van der Waals surface area contributed by atoms with Crippen LogP contribution < -0.4 is 5.32 Å². The number of benzene rings is 2. The van der Waals surface area contributed by atoms with Gasteiger partial charge in [0.25, 0.3) is 5.91 Å². The van der Waals surface area contributed by atoms with Crippen LogP contribution in [0.3, 0.4) is 0 Å². The third-order valence-electron chi connectivity index (χ3n) is 3.93. The number of nitrogens with zero attached hydrogens (tertiary/aromatic N) is 1. The summed E-state index contributed by atoms with van der Waals surface area (Å²) in [5.41, 5.74) is 1.38. The monoisotopic (exact) mass is 370 g/mol. The summed E-state index contributed by atoms with van der Waals surface area (Å²) in [4.78, 5) is 25.8. The van der Waals surface area contributed by atoms with Gasteiger partial charge in [0.2, 0.25) is 0 Å². The van der Waals surface area contributed by atoms with Crippen LogP contribution in [-0.4, -0.2) is 33.0 Å². The number of hydrogen-bond donors (Lipinski definition) is 2. The first kappa shape index (κ1) is 19.6. The van der Waals surface area contributed by atoms with E-state index in [1.54, 1.807) is 29.2 Å². The van der Waals surface area contributed by atoms with Crippen molar-refractivity contribution in [2.75, 3.05) is 0 Å². The third kappa shape index (κ3) is 5.13. The zero-order valence-electron chi connectivity index (χ0n) is 14.8. The van der Waals surface area contributed by atoms with Gasteiger partial charge >= 0.3 is 5.97 Å². The number of hydrogen-bond acceptors (Lipinski definition) is 3. The van der Waals surface area contributed by atoms with Gasteiger partial charge in [0.15, 0.2) is 5.11 Å². The van der Waals surface area contributed by atoms with Crippen LogP contribution >= 0.6 is 12.2 Å². The second kappa shape index (κ2) is 9.10. The van der Waals surface area contributed by atoms with Crippen molar-refractivity contribution in [1.29, 1.82) is 0 Å². The molecule has 0 aromatic heterocycles. The topological polar surface area (TPSA) is 69.6 Å². The van der Waals surface area contributed by atoms with Crippen molar-refractivity contribution < 1.29 is 14.7 Å². The zero-order valence-corrected chi connectivity index (χ0v) is 15.6. The molecule has 1 amide bonds. The van der Waals surface area contributed by atoms with Gasteiger partial charge < -0.3 is 10.0 Å². The maximum Gasteiger partial charge on any atom is 0.326 e. The van der Waals surface area contributed by atoms with Gasteiger partial charge in [-0.25, -0.2) is 4.79 Å². The molecule has 0 bridgehead atoms. The molecule has 26 heavy (non-hydrogen) atoms. The van der Waals surface area contributed by atoms with Gasteiger partial charge in [0.05, 0.1) is 0 Å². The average Bonchev–Trinajstić information content (AvgIpc) is 2.62. The lowest BCUT2D eigenvalue weighted by atomic mass is 10.0. The van der Waals surface area contributed by atoms with E-state index in [0.717, 1.165) is 5.56 Å². The van der Waals surface area contributed by atoms with E-state index >= 15 is 0 Å². The Hall–Kier alpha value is -2.73. The summed E-state index contributed by atoms with van der Waals surface area (Å²) in [5.74, 6) is -1.53. The quantitative estimate of drug-likeness (QED) is 0.764. The largest absolute Gasteiger partial charge is 0.480 e. The SMILES string of the molecule is CC(C)[C@@H](C(=O)O)N(Cc1ccccc1)C(=S)NC(=O)c1ccccc1. The summed E-state index contributed by atoms with van der Waals surface area (Å²) in [6, 6.07) is 17.3. The van der Waals surface area contributed by atoms with E-state index in [0.29, 0.717) is 12.1 Å². The number of thiocarbonyl (C=S) groups is 1. The molecule has 2 aromatic rings. The van der Waals surface area contributed by atoms with Gasteiger partial charge in [-0.2, -0.15) is 0 Å². The number of carboxylic acids is 1. The maximum absolute atomic E-state index is 12.4. The maximum atomic E-state index is 12.4. The number of carboxylic acid groups (broad SMARTS) is 1. The Morgan fingerprint density at radius 3 is 2.08 bits per heavy atom. The first-order valence-electron chi connectivity index (χ1n) is 8.34. The van der Waals surface area contributed by atoms with Crippen LogP contribution in [0.5, 0.6) is 0 Å². The molecule has 0 aliphatic rings. The fourth-order valence-electron chi connectivity index (χ4n) is 2.69. The standard InChI is InChI=1S/C20H22N2O3S/c1-14(2)17(19(24)25)22(13-15-9-5-3-6-10-15)20(26)21-18(23)16-11-7-4-8-12-16/h3-12,14,17H,13H2,1-2H3,(H,24,25)(H,21,23,26)/t17-/m0/s1. The number of nitrogens with one attached hydrogen (secondary N) is 1. The van der Waals surface area contributed by atoms with Gasteiger partial charge in [-0.3, -0.25) is 10.1 Å². The molecule has 5 nitrogen and oxygen atoms in total. The Morgan fingerprint density at radius 1 is 1.04 bits per heavy atom. The Labute approximate surface area is 158 Å². The summed E-state index contributed by atoms with van der Waals surface area (Å²) in [5, 5.41) is 12.4. The van der Waals surface area contributed by atoms with Crippen LogP contribution in [0.1, 0.15) is 29.8 Å². The molecule has 2 N–H and O–H groups in total. The zero-order chi connectivity index (χ0) is 19.1. The molecular weight excluding hydrogens is 348 g/mol. The molecule has 0 radical (unpaired) electrons. The number of carbonyl (C=O) groups excluding carboxylic acids is 1. The molecule has 0 unspecified atom stereocenters. The molecule has 0 fully saturated rings. The number of aliphatic carboxylic acids is 1. The van der Waals surface area contributed by atoms with Gasteiger partial charge in [0, 0.05) is 12.1 Å². The molecular formula is C20H22N2O3S. The molecule has 0 saturated carbocycles. The van der Waals surface area contributed by atoms with Crippen molar-refractivity contribution in [3.05, 3.63) is 71.8 Å². The van der Waals surface area contributed by atoms with Crippen molar-refractivity contribution in [1.82, 2.24) is 10.2 Å². The molecule has 2 rings (SSSR count). The van der Waals surface area contributed by atoms with E-state index in [1.165, 1.54) is 0 Å². The summed E-state index contributed by atoms with van der Waals surface area (Å²) in [6.45, 7) is 3.93. The van der Waals surface area contributed by atoms with Gasteiger partial charge in [-0.1, -0.05) is 62.4 Å². The van der Waals surface area contributed by atoms with Gasteiger partial charge in [0.1, 0.15) is 6.04 Å². The van der Waals surface area contributed by atoms with Crippen molar-refractivity contribution in [2.24, 2.45) is 5.92 Å². The molecule has 6 heteroatoms. The van der Waals surface area contributed by atoms with E-state index in [9.17, 15) is 14.7 Å². The summed E-state index contributed by atoms with van der Waals surface area (Å²) >= 11 is 5.40. The van der Waals surface area contributed by atoms with Crippen LogP contribution in [-0.2, 0) is 11.3 Å². The third-order valence-corrected chi connectivity index (χ3v) is 4.27. The van der Waals surface area contributed by atoms with Crippen molar-refractivity contribution in [2.45, 2.75) is 26.4 Å². The number of amides is 1. The number of rotatable bonds is 6. The van der Waals surface area contributed by atoms with E-state index in [1.807, 2.05) is 50.2 Å². The second-order valence-electron chi connectivity index (χ2n) is 6.27. The highest BCUT2D eigenvalue weighted by molar-refractivity contribution is 7.80. The fourth-order valence-corrected chi connectivity index (χ4v) is 2.96. The summed E-state index contributed by atoms with van der Waals surface area (Å²) < 4.78 is 0.